The van der Waals surface area contributed by atoms with Crippen LogP contribution in [0.2, 0.25) is 5.02 Å². The van der Waals surface area contributed by atoms with Crippen LogP contribution in [0.3, 0.4) is 0 Å². The summed E-state index contributed by atoms with van der Waals surface area (Å²) in [5.74, 6) is -0.233. The van der Waals surface area contributed by atoms with Crippen LogP contribution in [0.15, 0.2) is 53.4 Å². The Kier molecular flexibility index (Phi) is 4.58. The summed E-state index contributed by atoms with van der Waals surface area (Å²) in [6, 6.07) is 11.3. The highest BCUT2D eigenvalue weighted by molar-refractivity contribution is 7.16. The van der Waals surface area contributed by atoms with E-state index in [-0.39, 0.29) is 5.91 Å². The predicted octanol–water partition coefficient (Wildman–Crippen LogP) is 5.27. The van der Waals surface area contributed by atoms with Crippen LogP contribution in [0.5, 0.6) is 0 Å². The fourth-order valence-corrected chi connectivity index (χ4v) is 4.18. The molecule has 3 aromatic heterocycles. The quantitative estimate of drug-likeness (QED) is 0.507. The first-order chi connectivity index (χ1) is 12.6. The fraction of sp³-hybridized carbons (Fsp3) is 0.0556. The molecule has 0 atom stereocenters. The predicted molar refractivity (Wildman–Crippen MR) is 107 cm³/mol. The van der Waals surface area contributed by atoms with Crippen LogP contribution in [0.1, 0.15) is 16.1 Å². The second-order valence-electron chi connectivity index (χ2n) is 5.50. The number of aromatic nitrogens is 3. The zero-order valence-electron chi connectivity index (χ0n) is 13.6. The van der Waals surface area contributed by atoms with Crippen molar-refractivity contribution in [1.82, 2.24) is 14.8 Å². The first kappa shape index (κ1) is 17.0. The zero-order chi connectivity index (χ0) is 18.1. The van der Waals surface area contributed by atoms with Crippen molar-refractivity contribution in [3.63, 3.8) is 0 Å². The number of hydrogen-bond acceptors (Lipinski definition) is 5. The summed E-state index contributed by atoms with van der Waals surface area (Å²) in [7, 11) is 0. The highest BCUT2D eigenvalue weighted by Crippen LogP contribution is 2.28. The van der Waals surface area contributed by atoms with Crippen molar-refractivity contribution < 1.29 is 4.79 Å². The minimum atomic E-state index is -0.233. The SMILES string of the molecule is Cc1c(C(=O)Nc2nc(-c3cccs3)cs2)cnn1-c1cccc(Cl)c1. The third kappa shape index (κ3) is 3.29. The molecule has 4 rings (SSSR count). The normalized spacial score (nSPS) is 10.8. The molecule has 3 heterocycles. The molecule has 1 amide bonds. The van der Waals surface area contributed by atoms with Gasteiger partial charge in [-0.3, -0.25) is 10.1 Å². The van der Waals surface area contributed by atoms with Gasteiger partial charge in [-0.1, -0.05) is 23.7 Å². The highest BCUT2D eigenvalue weighted by Gasteiger charge is 2.17. The molecule has 26 heavy (non-hydrogen) atoms. The average Bonchev–Trinajstić information content (AvgIpc) is 3.34. The van der Waals surface area contributed by atoms with Crippen LogP contribution in [-0.2, 0) is 0 Å². The molecular formula is C18H13ClN4OS2. The largest absolute Gasteiger partial charge is 0.298 e. The minimum absolute atomic E-state index is 0.233. The number of thiazole rings is 1. The van der Waals surface area contributed by atoms with Crippen LogP contribution in [-0.4, -0.2) is 20.7 Å². The van der Waals surface area contributed by atoms with Crippen LogP contribution in [0, 0.1) is 6.92 Å². The van der Waals surface area contributed by atoms with E-state index in [2.05, 4.69) is 15.4 Å². The summed E-state index contributed by atoms with van der Waals surface area (Å²) in [6.07, 6.45) is 1.55. The van der Waals surface area contributed by atoms with E-state index < -0.39 is 0 Å². The van der Waals surface area contributed by atoms with Gasteiger partial charge in [0.15, 0.2) is 5.13 Å². The number of thiophene rings is 1. The molecule has 0 spiro atoms. The van der Waals surface area contributed by atoms with E-state index >= 15 is 0 Å². The Morgan fingerprint density at radius 2 is 2.12 bits per heavy atom. The van der Waals surface area contributed by atoms with E-state index in [0.29, 0.717) is 15.7 Å². The van der Waals surface area contributed by atoms with E-state index in [1.807, 2.05) is 41.9 Å². The van der Waals surface area contributed by atoms with Gasteiger partial charge in [0.2, 0.25) is 0 Å². The van der Waals surface area contributed by atoms with Crippen molar-refractivity contribution in [1.29, 1.82) is 0 Å². The summed E-state index contributed by atoms with van der Waals surface area (Å²) in [4.78, 5) is 18.2. The number of rotatable bonds is 4. The summed E-state index contributed by atoms with van der Waals surface area (Å²) < 4.78 is 1.69. The lowest BCUT2D eigenvalue weighted by Gasteiger charge is -2.06. The molecule has 8 heteroatoms. The molecule has 0 fully saturated rings. The molecule has 0 unspecified atom stereocenters. The van der Waals surface area contributed by atoms with E-state index in [9.17, 15) is 4.79 Å². The van der Waals surface area contributed by atoms with Gasteiger partial charge in [-0.2, -0.15) is 5.10 Å². The lowest BCUT2D eigenvalue weighted by Crippen LogP contribution is -2.13. The van der Waals surface area contributed by atoms with Gasteiger partial charge in [-0.15, -0.1) is 22.7 Å². The zero-order valence-corrected chi connectivity index (χ0v) is 16.0. The number of nitrogens with one attached hydrogen (secondary N) is 1. The van der Waals surface area contributed by atoms with Crippen LogP contribution in [0.4, 0.5) is 5.13 Å². The van der Waals surface area contributed by atoms with Crippen molar-refractivity contribution >= 4 is 45.3 Å². The molecule has 0 bridgehead atoms. The second-order valence-corrected chi connectivity index (χ2v) is 7.75. The Hall–Kier alpha value is -2.48. The smallest absolute Gasteiger partial charge is 0.260 e. The first-order valence-electron chi connectivity index (χ1n) is 7.73. The lowest BCUT2D eigenvalue weighted by molar-refractivity contribution is 0.102. The molecular weight excluding hydrogens is 388 g/mol. The number of benzene rings is 1. The molecule has 0 saturated heterocycles. The van der Waals surface area contributed by atoms with Crippen LogP contribution < -0.4 is 5.32 Å². The second kappa shape index (κ2) is 7.03. The molecule has 0 radical (unpaired) electrons. The number of anilines is 1. The van der Waals surface area contributed by atoms with Crippen molar-refractivity contribution in [3.05, 3.63) is 69.6 Å². The Labute approximate surface area is 162 Å². The third-order valence-corrected chi connectivity index (χ3v) is 5.69. The number of halogens is 1. The van der Waals surface area contributed by atoms with Crippen molar-refractivity contribution in [2.45, 2.75) is 6.92 Å². The number of carbonyl (C=O) groups excluding carboxylic acids is 1. The lowest BCUT2D eigenvalue weighted by atomic mass is 10.2. The number of hydrogen-bond donors (Lipinski definition) is 1. The number of amides is 1. The van der Waals surface area contributed by atoms with Gasteiger partial charge < -0.3 is 0 Å². The maximum atomic E-state index is 12.6. The first-order valence-corrected chi connectivity index (χ1v) is 9.87. The van der Waals surface area contributed by atoms with Crippen molar-refractivity contribution in [2.24, 2.45) is 0 Å². The van der Waals surface area contributed by atoms with Crippen molar-refractivity contribution in [3.8, 4) is 16.3 Å². The Morgan fingerprint density at radius 1 is 1.23 bits per heavy atom. The van der Waals surface area contributed by atoms with Gasteiger partial charge in [0.25, 0.3) is 5.91 Å². The summed E-state index contributed by atoms with van der Waals surface area (Å²) in [5, 5.41) is 12.3. The monoisotopic (exact) mass is 400 g/mol. The van der Waals surface area contributed by atoms with Gasteiger partial charge in [0.05, 0.1) is 33.7 Å². The van der Waals surface area contributed by atoms with Gasteiger partial charge in [-0.25, -0.2) is 9.67 Å². The van der Waals surface area contributed by atoms with E-state index in [1.165, 1.54) is 11.3 Å². The Morgan fingerprint density at radius 3 is 2.88 bits per heavy atom. The summed E-state index contributed by atoms with van der Waals surface area (Å²) in [5.41, 5.74) is 2.91. The molecule has 0 saturated carbocycles. The minimum Gasteiger partial charge on any atom is -0.298 e. The summed E-state index contributed by atoms with van der Waals surface area (Å²) in [6.45, 7) is 1.85. The molecule has 5 nitrogen and oxygen atoms in total. The van der Waals surface area contributed by atoms with Gasteiger partial charge in [-0.05, 0) is 36.6 Å². The van der Waals surface area contributed by atoms with Gasteiger partial charge in [0.1, 0.15) is 0 Å². The van der Waals surface area contributed by atoms with Gasteiger partial charge >= 0.3 is 0 Å². The maximum Gasteiger partial charge on any atom is 0.260 e. The summed E-state index contributed by atoms with van der Waals surface area (Å²) >= 11 is 9.06. The molecule has 0 aliphatic carbocycles. The molecule has 0 aliphatic rings. The van der Waals surface area contributed by atoms with Crippen LogP contribution in [0.25, 0.3) is 16.3 Å². The Balaban J connectivity index is 1.56. The molecule has 0 aliphatic heterocycles. The Bertz CT molecular complexity index is 1070. The standard InChI is InChI=1S/C18H13ClN4OS2/c1-11-14(9-20-23(11)13-5-2-4-12(19)8-13)17(24)22-18-21-15(10-26-18)16-6-3-7-25-16/h2-10H,1H3,(H,21,22,24). The number of nitrogens with zero attached hydrogens (tertiary/aromatic N) is 3. The topological polar surface area (TPSA) is 59.8 Å². The van der Waals surface area contributed by atoms with Crippen LogP contribution >= 0.6 is 34.3 Å². The maximum absolute atomic E-state index is 12.6. The molecule has 1 N–H and O–H groups in total. The molecule has 130 valence electrons. The van der Waals surface area contributed by atoms with E-state index in [4.69, 9.17) is 11.6 Å². The average molecular weight is 401 g/mol. The van der Waals surface area contributed by atoms with E-state index in [1.54, 1.807) is 34.3 Å². The number of carbonyl (C=O) groups is 1. The molecule has 1 aromatic carbocycles. The fourth-order valence-electron chi connectivity index (χ4n) is 2.53. The third-order valence-electron chi connectivity index (χ3n) is 3.81. The van der Waals surface area contributed by atoms with Crippen molar-refractivity contribution in [2.75, 3.05) is 5.32 Å². The highest BCUT2D eigenvalue weighted by atomic mass is 35.5. The molecule has 4 aromatic rings. The van der Waals surface area contributed by atoms with Gasteiger partial charge in [0, 0.05) is 10.4 Å². The van der Waals surface area contributed by atoms with E-state index in [0.717, 1.165) is 22.0 Å².